The van der Waals surface area contributed by atoms with Crippen LogP contribution in [0.3, 0.4) is 0 Å². The predicted molar refractivity (Wildman–Crippen MR) is 120 cm³/mol. The van der Waals surface area contributed by atoms with Crippen LogP contribution in [0.25, 0.3) is 5.69 Å². The zero-order valence-electron chi connectivity index (χ0n) is 17.4. The monoisotopic (exact) mass is 428 g/mol. The number of anilines is 1. The average Bonchev–Trinajstić information content (AvgIpc) is 2.77. The van der Waals surface area contributed by atoms with Crippen LogP contribution in [0, 0.1) is 12.8 Å². The van der Waals surface area contributed by atoms with E-state index in [1.165, 1.54) is 30.0 Å². The Morgan fingerprint density at radius 2 is 1.80 bits per heavy atom. The minimum Gasteiger partial charge on any atom is -0.355 e. The molecule has 0 unspecified atom stereocenters. The summed E-state index contributed by atoms with van der Waals surface area (Å²) < 4.78 is 1.39. The fraction of sp³-hybridized carbons (Fsp3) is 0.522. The molecule has 2 aliphatic rings. The van der Waals surface area contributed by atoms with Crippen LogP contribution >= 0.6 is 11.6 Å². The third-order valence-electron chi connectivity index (χ3n) is 6.33. The van der Waals surface area contributed by atoms with Gasteiger partial charge in [-0.2, -0.15) is 4.68 Å². The molecule has 1 aromatic carbocycles. The Labute approximate surface area is 182 Å². The molecule has 1 saturated carbocycles. The number of aromatic nitrogens is 2. The molecular formula is C23H29ClN4O2. The molecule has 2 heterocycles. The van der Waals surface area contributed by atoms with Crippen LogP contribution in [0.2, 0.25) is 5.02 Å². The van der Waals surface area contributed by atoms with E-state index in [-0.39, 0.29) is 17.4 Å². The SMILES string of the molecule is Cc1ccc(-n2nc(N3CCC(C(=O)NC4CCCCC4)CC3)ccc2=O)cc1Cl. The summed E-state index contributed by atoms with van der Waals surface area (Å²) in [6, 6.07) is 9.15. The normalized spacial score (nSPS) is 18.4. The van der Waals surface area contributed by atoms with E-state index in [4.69, 9.17) is 11.6 Å². The van der Waals surface area contributed by atoms with E-state index in [2.05, 4.69) is 15.3 Å². The first kappa shape index (κ1) is 20.9. The quantitative estimate of drug-likeness (QED) is 0.802. The van der Waals surface area contributed by atoms with Gasteiger partial charge in [0.25, 0.3) is 5.56 Å². The average molecular weight is 429 g/mol. The Bertz CT molecular complexity index is 960. The molecule has 0 atom stereocenters. The van der Waals surface area contributed by atoms with Gasteiger partial charge in [-0.05, 0) is 56.4 Å². The second kappa shape index (κ2) is 9.21. The Morgan fingerprint density at radius 1 is 1.07 bits per heavy atom. The molecule has 1 N–H and O–H groups in total. The van der Waals surface area contributed by atoms with Gasteiger partial charge in [0.1, 0.15) is 5.82 Å². The van der Waals surface area contributed by atoms with Gasteiger partial charge in [0, 0.05) is 36.1 Å². The van der Waals surface area contributed by atoms with Gasteiger partial charge in [0.15, 0.2) is 0 Å². The number of carbonyl (C=O) groups excluding carboxylic acids is 1. The first-order valence-corrected chi connectivity index (χ1v) is 11.3. The first-order chi connectivity index (χ1) is 14.5. The number of rotatable bonds is 4. The molecule has 1 aliphatic carbocycles. The zero-order valence-corrected chi connectivity index (χ0v) is 18.2. The van der Waals surface area contributed by atoms with Crippen molar-refractivity contribution in [1.82, 2.24) is 15.1 Å². The number of hydrogen-bond donors (Lipinski definition) is 1. The Balaban J connectivity index is 1.41. The summed E-state index contributed by atoms with van der Waals surface area (Å²) in [5.41, 5.74) is 1.41. The summed E-state index contributed by atoms with van der Waals surface area (Å²) in [5.74, 6) is 1.01. The Hall–Kier alpha value is -2.34. The van der Waals surface area contributed by atoms with Crippen LogP contribution in [0.15, 0.2) is 35.1 Å². The third-order valence-corrected chi connectivity index (χ3v) is 6.73. The van der Waals surface area contributed by atoms with E-state index in [0.717, 1.165) is 50.2 Å². The van der Waals surface area contributed by atoms with Gasteiger partial charge in [0.05, 0.1) is 5.69 Å². The van der Waals surface area contributed by atoms with Crippen LogP contribution in [0.1, 0.15) is 50.5 Å². The number of carbonyl (C=O) groups is 1. The number of amides is 1. The maximum Gasteiger partial charge on any atom is 0.271 e. The van der Waals surface area contributed by atoms with Crippen LogP contribution in [-0.2, 0) is 4.79 Å². The van der Waals surface area contributed by atoms with Crippen molar-refractivity contribution in [2.45, 2.75) is 57.9 Å². The molecule has 1 saturated heterocycles. The van der Waals surface area contributed by atoms with Crippen LogP contribution in [0.4, 0.5) is 5.82 Å². The van der Waals surface area contributed by atoms with Gasteiger partial charge in [-0.1, -0.05) is 36.9 Å². The van der Waals surface area contributed by atoms with Gasteiger partial charge in [0.2, 0.25) is 5.91 Å². The summed E-state index contributed by atoms with van der Waals surface area (Å²) in [5, 5.41) is 8.44. The van der Waals surface area contributed by atoms with Gasteiger partial charge in [-0.25, -0.2) is 0 Å². The predicted octanol–water partition coefficient (Wildman–Crippen LogP) is 3.86. The second-order valence-corrected chi connectivity index (χ2v) is 8.89. The maximum absolute atomic E-state index is 12.6. The molecule has 0 radical (unpaired) electrons. The van der Waals surface area contributed by atoms with E-state index >= 15 is 0 Å². The number of benzene rings is 1. The van der Waals surface area contributed by atoms with Gasteiger partial charge in [-0.15, -0.1) is 5.10 Å². The van der Waals surface area contributed by atoms with Gasteiger partial charge < -0.3 is 10.2 Å². The van der Waals surface area contributed by atoms with Crippen LogP contribution in [0.5, 0.6) is 0 Å². The van der Waals surface area contributed by atoms with E-state index in [0.29, 0.717) is 16.8 Å². The molecule has 2 fully saturated rings. The van der Waals surface area contributed by atoms with Crippen molar-refractivity contribution in [2.24, 2.45) is 5.92 Å². The molecule has 0 spiro atoms. The Kier molecular flexibility index (Phi) is 6.42. The second-order valence-electron chi connectivity index (χ2n) is 8.48. The van der Waals surface area contributed by atoms with Crippen LogP contribution < -0.4 is 15.8 Å². The van der Waals surface area contributed by atoms with Crippen molar-refractivity contribution in [3.63, 3.8) is 0 Å². The summed E-state index contributed by atoms with van der Waals surface area (Å²) >= 11 is 6.23. The first-order valence-electron chi connectivity index (χ1n) is 10.9. The Morgan fingerprint density at radius 3 is 2.50 bits per heavy atom. The van der Waals surface area contributed by atoms with E-state index in [9.17, 15) is 9.59 Å². The van der Waals surface area contributed by atoms with Gasteiger partial charge >= 0.3 is 0 Å². The highest BCUT2D eigenvalue weighted by Crippen LogP contribution is 2.24. The van der Waals surface area contributed by atoms with Crippen molar-refractivity contribution in [1.29, 1.82) is 0 Å². The van der Waals surface area contributed by atoms with E-state index in [1.807, 2.05) is 19.1 Å². The number of hydrogen-bond acceptors (Lipinski definition) is 4. The number of nitrogens with one attached hydrogen (secondary N) is 1. The van der Waals surface area contributed by atoms with Crippen LogP contribution in [-0.4, -0.2) is 34.8 Å². The fourth-order valence-electron chi connectivity index (χ4n) is 4.41. The minimum absolute atomic E-state index is 0.0602. The van der Waals surface area contributed by atoms with Gasteiger partial charge in [-0.3, -0.25) is 9.59 Å². The summed E-state index contributed by atoms with van der Waals surface area (Å²) in [6.07, 6.45) is 7.55. The molecule has 160 valence electrons. The lowest BCUT2D eigenvalue weighted by Gasteiger charge is -2.33. The molecule has 1 aliphatic heterocycles. The lowest BCUT2D eigenvalue weighted by molar-refractivity contribution is -0.126. The molecule has 4 rings (SSSR count). The standard InChI is InChI=1S/C23H29ClN4O2/c1-16-7-8-19(15-20(16)24)28-22(29)10-9-21(26-28)27-13-11-17(12-14-27)23(30)25-18-5-3-2-4-6-18/h7-10,15,17-18H,2-6,11-14H2,1H3,(H,25,30). The summed E-state index contributed by atoms with van der Waals surface area (Å²) in [6.45, 7) is 3.43. The maximum atomic E-state index is 12.6. The van der Waals surface area contributed by atoms with Crippen molar-refractivity contribution < 1.29 is 4.79 Å². The highest BCUT2D eigenvalue weighted by atomic mass is 35.5. The third kappa shape index (κ3) is 4.69. The molecule has 0 bridgehead atoms. The molecule has 2 aromatic rings. The smallest absolute Gasteiger partial charge is 0.271 e. The topological polar surface area (TPSA) is 67.2 Å². The lowest BCUT2D eigenvalue weighted by Crippen LogP contribution is -2.44. The molecule has 6 nitrogen and oxygen atoms in total. The largest absolute Gasteiger partial charge is 0.355 e. The van der Waals surface area contributed by atoms with Crippen molar-refractivity contribution in [3.8, 4) is 5.69 Å². The van der Waals surface area contributed by atoms with E-state index in [1.54, 1.807) is 12.1 Å². The molecule has 7 heteroatoms. The fourth-order valence-corrected chi connectivity index (χ4v) is 4.58. The lowest BCUT2D eigenvalue weighted by atomic mass is 9.92. The highest BCUT2D eigenvalue weighted by Gasteiger charge is 2.27. The zero-order chi connectivity index (χ0) is 21.1. The number of halogens is 1. The number of aryl methyl sites for hydroxylation is 1. The number of nitrogens with zero attached hydrogens (tertiary/aromatic N) is 3. The molecule has 30 heavy (non-hydrogen) atoms. The number of piperidine rings is 1. The summed E-state index contributed by atoms with van der Waals surface area (Å²) in [4.78, 5) is 27.2. The molecule has 1 aromatic heterocycles. The van der Waals surface area contributed by atoms with Crippen molar-refractivity contribution >= 4 is 23.3 Å². The van der Waals surface area contributed by atoms with E-state index < -0.39 is 0 Å². The van der Waals surface area contributed by atoms with Crippen molar-refractivity contribution in [2.75, 3.05) is 18.0 Å². The molecular weight excluding hydrogens is 400 g/mol. The summed E-state index contributed by atoms with van der Waals surface area (Å²) in [7, 11) is 0. The minimum atomic E-state index is -0.194. The van der Waals surface area contributed by atoms with Crippen molar-refractivity contribution in [3.05, 3.63) is 51.3 Å². The highest BCUT2D eigenvalue weighted by molar-refractivity contribution is 6.31. The molecule has 1 amide bonds.